The van der Waals surface area contributed by atoms with Crippen LogP contribution in [0.1, 0.15) is 27.2 Å². The number of methoxy groups -OCH3 is 1. The molecule has 0 amide bonds. The molecule has 0 aromatic heterocycles. The van der Waals surface area contributed by atoms with Crippen LogP contribution in [0.15, 0.2) is 0 Å². The van der Waals surface area contributed by atoms with Crippen LogP contribution < -0.4 is 0 Å². The maximum absolute atomic E-state index is 9.10. The van der Waals surface area contributed by atoms with Crippen molar-refractivity contribution in [3.05, 3.63) is 0 Å². The van der Waals surface area contributed by atoms with Crippen LogP contribution in [0, 0.1) is 11.8 Å². The van der Waals surface area contributed by atoms with Crippen LogP contribution in [0.5, 0.6) is 0 Å². The van der Waals surface area contributed by atoms with Gasteiger partial charge in [0.1, 0.15) is 0 Å². The standard InChI is InChI=1S/C9H20O2/c1-7(5-9(3)10)8(2)6-11-4/h7-10H,5-6H2,1-4H3. The minimum atomic E-state index is -0.190. The normalized spacial score (nSPS) is 19.4. The summed E-state index contributed by atoms with van der Waals surface area (Å²) in [6.07, 6.45) is 0.675. The summed E-state index contributed by atoms with van der Waals surface area (Å²) in [6.45, 7) is 6.91. The molecule has 0 spiro atoms. The fourth-order valence-corrected chi connectivity index (χ4v) is 1.20. The lowest BCUT2D eigenvalue weighted by Gasteiger charge is -2.19. The average molecular weight is 160 g/mol. The molecule has 68 valence electrons. The molecule has 0 saturated carbocycles. The predicted octanol–water partition coefficient (Wildman–Crippen LogP) is 1.68. The average Bonchev–Trinajstić information content (AvgIpc) is 1.86. The third-order valence-corrected chi connectivity index (χ3v) is 2.11. The molecular formula is C9H20O2. The van der Waals surface area contributed by atoms with Crippen molar-refractivity contribution < 1.29 is 9.84 Å². The minimum absolute atomic E-state index is 0.190. The van der Waals surface area contributed by atoms with Gasteiger partial charge in [-0.05, 0) is 25.2 Å². The lowest BCUT2D eigenvalue weighted by Crippen LogP contribution is -2.18. The molecule has 0 rings (SSSR count). The van der Waals surface area contributed by atoms with Crippen molar-refractivity contribution in [1.29, 1.82) is 0 Å². The number of ether oxygens (including phenoxy) is 1. The van der Waals surface area contributed by atoms with Gasteiger partial charge in [-0.25, -0.2) is 0 Å². The van der Waals surface area contributed by atoms with Gasteiger partial charge in [-0.3, -0.25) is 0 Å². The smallest absolute Gasteiger partial charge is 0.0514 e. The molecule has 0 saturated heterocycles. The molecular weight excluding hydrogens is 140 g/mol. The fraction of sp³-hybridized carbons (Fsp3) is 1.00. The topological polar surface area (TPSA) is 29.5 Å². The first-order valence-electron chi connectivity index (χ1n) is 4.25. The Morgan fingerprint density at radius 1 is 1.18 bits per heavy atom. The summed E-state index contributed by atoms with van der Waals surface area (Å²) >= 11 is 0. The van der Waals surface area contributed by atoms with Crippen LogP contribution in [0.25, 0.3) is 0 Å². The van der Waals surface area contributed by atoms with E-state index in [9.17, 15) is 0 Å². The largest absolute Gasteiger partial charge is 0.393 e. The first-order valence-corrected chi connectivity index (χ1v) is 4.25. The molecule has 0 aliphatic rings. The number of rotatable bonds is 5. The van der Waals surface area contributed by atoms with Gasteiger partial charge in [-0.15, -0.1) is 0 Å². The van der Waals surface area contributed by atoms with Crippen molar-refractivity contribution in [2.75, 3.05) is 13.7 Å². The Balaban J connectivity index is 3.54. The molecule has 0 bridgehead atoms. The van der Waals surface area contributed by atoms with E-state index >= 15 is 0 Å². The number of aliphatic hydroxyl groups is 1. The third kappa shape index (κ3) is 5.22. The highest BCUT2D eigenvalue weighted by Crippen LogP contribution is 2.16. The first-order chi connectivity index (χ1) is 5.07. The van der Waals surface area contributed by atoms with Gasteiger partial charge in [-0.1, -0.05) is 13.8 Å². The van der Waals surface area contributed by atoms with Gasteiger partial charge in [0.15, 0.2) is 0 Å². The highest BCUT2D eigenvalue weighted by molar-refractivity contribution is 4.63. The number of hydrogen-bond donors (Lipinski definition) is 1. The zero-order valence-corrected chi connectivity index (χ0v) is 8.00. The van der Waals surface area contributed by atoms with E-state index in [4.69, 9.17) is 9.84 Å². The maximum Gasteiger partial charge on any atom is 0.0514 e. The van der Waals surface area contributed by atoms with Crippen LogP contribution >= 0.6 is 0 Å². The quantitative estimate of drug-likeness (QED) is 0.663. The lowest BCUT2D eigenvalue weighted by atomic mass is 9.92. The van der Waals surface area contributed by atoms with E-state index < -0.39 is 0 Å². The summed E-state index contributed by atoms with van der Waals surface area (Å²) in [5, 5.41) is 9.10. The molecule has 2 heteroatoms. The molecule has 2 nitrogen and oxygen atoms in total. The summed E-state index contributed by atoms with van der Waals surface area (Å²) in [5.74, 6) is 1.07. The predicted molar refractivity (Wildman–Crippen MR) is 46.5 cm³/mol. The first kappa shape index (κ1) is 10.9. The van der Waals surface area contributed by atoms with E-state index in [0.717, 1.165) is 13.0 Å². The van der Waals surface area contributed by atoms with Gasteiger partial charge >= 0.3 is 0 Å². The van der Waals surface area contributed by atoms with E-state index in [1.54, 1.807) is 7.11 Å². The summed E-state index contributed by atoms with van der Waals surface area (Å²) in [5.41, 5.74) is 0. The summed E-state index contributed by atoms with van der Waals surface area (Å²) in [6, 6.07) is 0. The van der Waals surface area contributed by atoms with Crippen LogP contribution in [-0.2, 0) is 4.74 Å². The van der Waals surface area contributed by atoms with Crippen molar-refractivity contribution in [1.82, 2.24) is 0 Å². The molecule has 0 aliphatic heterocycles. The molecule has 0 heterocycles. The Labute approximate surface area is 69.6 Å². The van der Waals surface area contributed by atoms with E-state index in [0.29, 0.717) is 11.8 Å². The minimum Gasteiger partial charge on any atom is -0.393 e. The van der Waals surface area contributed by atoms with E-state index in [1.165, 1.54) is 0 Å². The zero-order chi connectivity index (χ0) is 8.85. The van der Waals surface area contributed by atoms with Crippen LogP contribution in [0.4, 0.5) is 0 Å². The van der Waals surface area contributed by atoms with Crippen molar-refractivity contribution in [2.45, 2.75) is 33.3 Å². The third-order valence-electron chi connectivity index (χ3n) is 2.11. The van der Waals surface area contributed by atoms with Crippen LogP contribution in [-0.4, -0.2) is 24.9 Å². The molecule has 0 aromatic carbocycles. The van der Waals surface area contributed by atoms with E-state index in [1.807, 2.05) is 6.92 Å². The van der Waals surface area contributed by atoms with Gasteiger partial charge < -0.3 is 9.84 Å². The van der Waals surface area contributed by atoms with Gasteiger partial charge in [-0.2, -0.15) is 0 Å². The second kappa shape index (κ2) is 5.56. The van der Waals surface area contributed by atoms with Crippen molar-refractivity contribution >= 4 is 0 Å². The number of hydrogen-bond acceptors (Lipinski definition) is 2. The van der Waals surface area contributed by atoms with Crippen molar-refractivity contribution in [3.8, 4) is 0 Å². The fourth-order valence-electron chi connectivity index (χ4n) is 1.20. The molecule has 0 aromatic rings. The second-order valence-corrected chi connectivity index (χ2v) is 3.49. The van der Waals surface area contributed by atoms with Gasteiger partial charge in [0.05, 0.1) is 6.10 Å². The van der Waals surface area contributed by atoms with Gasteiger partial charge in [0.25, 0.3) is 0 Å². The summed E-state index contributed by atoms with van der Waals surface area (Å²) in [4.78, 5) is 0. The molecule has 0 fully saturated rings. The highest BCUT2D eigenvalue weighted by Gasteiger charge is 2.13. The SMILES string of the molecule is COCC(C)C(C)CC(C)O. The lowest BCUT2D eigenvalue weighted by molar-refractivity contribution is 0.101. The molecule has 3 unspecified atom stereocenters. The Kier molecular flexibility index (Phi) is 5.51. The van der Waals surface area contributed by atoms with Gasteiger partial charge in [0, 0.05) is 13.7 Å². The molecule has 0 radical (unpaired) electrons. The maximum atomic E-state index is 9.10. The molecule has 1 N–H and O–H groups in total. The Morgan fingerprint density at radius 2 is 1.73 bits per heavy atom. The van der Waals surface area contributed by atoms with Crippen LogP contribution in [0.3, 0.4) is 0 Å². The summed E-state index contributed by atoms with van der Waals surface area (Å²) in [7, 11) is 1.71. The Morgan fingerprint density at radius 3 is 2.09 bits per heavy atom. The molecule has 11 heavy (non-hydrogen) atoms. The second-order valence-electron chi connectivity index (χ2n) is 3.49. The highest BCUT2D eigenvalue weighted by atomic mass is 16.5. The summed E-state index contributed by atoms with van der Waals surface area (Å²) < 4.78 is 5.02. The molecule has 0 aliphatic carbocycles. The zero-order valence-electron chi connectivity index (χ0n) is 8.00. The van der Waals surface area contributed by atoms with Crippen molar-refractivity contribution in [3.63, 3.8) is 0 Å². The Bertz CT molecular complexity index is 91.6. The van der Waals surface area contributed by atoms with E-state index in [2.05, 4.69) is 13.8 Å². The monoisotopic (exact) mass is 160 g/mol. The van der Waals surface area contributed by atoms with Gasteiger partial charge in [0.2, 0.25) is 0 Å². The van der Waals surface area contributed by atoms with E-state index in [-0.39, 0.29) is 6.10 Å². The number of aliphatic hydroxyl groups excluding tert-OH is 1. The van der Waals surface area contributed by atoms with Crippen LogP contribution in [0.2, 0.25) is 0 Å². The molecule has 3 atom stereocenters. The van der Waals surface area contributed by atoms with Crippen molar-refractivity contribution in [2.24, 2.45) is 11.8 Å². The Hall–Kier alpha value is -0.0800.